The molecule has 1 aliphatic heterocycles. The first-order valence-electron chi connectivity index (χ1n) is 10.0. The Bertz CT molecular complexity index is 1300. The molecule has 5 rings (SSSR count). The lowest BCUT2D eigenvalue weighted by atomic mass is 10.1. The van der Waals surface area contributed by atoms with Crippen LogP contribution in [0.4, 0.5) is 5.69 Å². The second-order valence-electron chi connectivity index (χ2n) is 7.50. The third kappa shape index (κ3) is 3.57. The molecule has 0 atom stereocenters. The van der Waals surface area contributed by atoms with Gasteiger partial charge in [0.1, 0.15) is 11.5 Å². The summed E-state index contributed by atoms with van der Waals surface area (Å²) in [5, 5.41) is 3.15. The van der Waals surface area contributed by atoms with Gasteiger partial charge in [-0.3, -0.25) is 4.98 Å². The Morgan fingerprint density at radius 3 is 2.35 bits per heavy atom. The topological polar surface area (TPSA) is 47.1 Å². The van der Waals surface area contributed by atoms with E-state index in [0.29, 0.717) is 17.2 Å². The maximum Gasteiger partial charge on any atom is 0.162 e. The van der Waals surface area contributed by atoms with E-state index in [1.54, 1.807) is 20.4 Å². The summed E-state index contributed by atoms with van der Waals surface area (Å²) in [6, 6.07) is 18.2. The molecule has 0 saturated heterocycles. The summed E-state index contributed by atoms with van der Waals surface area (Å²) in [6.45, 7) is 0.857. The minimum Gasteiger partial charge on any atom is -0.493 e. The standard InChI is InChI=1S/C25H23N3O3/c1-27-10-11-28(16-27)19-6-4-18-13-20(7-5-17(18)12-19)31-23-8-9-26-22-15-25(30-3)24(29-2)14-21(22)23/h4-15H,16H2,1-3H3. The Morgan fingerprint density at radius 1 is 0.806 bits per heavy atom. The van der Waals surface area contributed by atoms with E-state index in [-0.39, 0.29) is 0 Å². The zero-order valence-electron chi connectivity index (χ0n) is 17.7. The van der Waals surface area contributed by atoms with Gasteiger partial charge in [-0.05, 0) is 47.2 Å². The molecule has 1 aliphatic rings. The average Bonchev–Trinajstić information content (AvgIpc) is 3.24. The van der Waals surface area contributed by atoms with Crippen LogP contribution in [0.2, 0.25) is 0 Å². The molecule has 0 N–H and O–H groups in total. The smallest absolute Gasteiger partial charge is 0.162 e. The second kappa shape index (κ2) is 7.72. The number of methoxy groups -OCH3 is 2. The normalized spacial score (nSPS) is 13.3. The molecule has 0 bridgehead atoms. The van der Waals surface area contributed by atoms with Gasteiger partial charge in [0, 0.05) is 42.8 Å². The highest BCUT2D eigenvalue weighted by molar-refractivity contribution is 5.89. The van der Waals surface area contributed by atoms with Crippen molar-refractivity contribution >= 4 is 27.4 Å². The van der Waals surface area contributed by atoms with Crippen LogP contribution in [-0.2, 0) is 0 Å². The maximum atomic E-state index is 6.25. The summed E-state index contributed by atoms with van der Waals surface area (Å²) >= 11 is 0. The summed E-state index contributed by atoms with van der Waals surface area (Å²) in [5.74, 6) is 2.76. The number of anilines is 1. The van der Waals surface area contributed by atoms with Gasteiger partial charge in [0.05, 0.1) is 26.4 Å². The fourth-order valence-corrected chi connectivity index (χ4v) is 3.81. The van der Waals surface area contributed by atoms with E-state index in [4.69, 9.17) is 14.2 Å². The van der Waals surface area contributed by atoms with E-state index in [2.05, 4.69) is 64.6 Å². The first kappa shape index (κ1) is 19.1. The molecule has 6 heteroatoms. The van der Waals surface area contributed by atoms with Gasteiger partial charge < -0.3 is 24.0 Å². The van der Waals surface area contributed by atoms with Crippen molar-refractivity contribution in [1.29, 1.82) is 0 Å². The fourth-order valence-electron chi connectivity index (χ4n) is 3.81. The van der Waals surface area contributed by atoms with Crippen LogP contribution in [0.25, 0.3) is 21.7 Å². The van der Waals surface area contributed by atoms with Crippen molar-refractivity contribution in [2.45, 2.75) is 0 Å². The van der Waals surface area contributed by atoms with E-state index in [9.17, 15) is 0 Å². The van der Waals surface area contributed by atoms with Gasteiger partial charge in [-0.1, -0.05) is 12.1 Å². The van der Waals surface area contributed by atoms with Crippen molar-refractivity contribution in [2.75, 3.05) is 32.8 Å². The molecule has 0 spiro atoms. The average molecular weight is 413 g/mol. The Balaban J connectivity index is 1.47. The highest BCUT2D eigenvalue weighted by Crippen LogP contribution is 2.37. The fraction of sp³-hybridized carbons (Fsp3) is 0.160. The van der Waals surface area contributed by atoms with Crippen molar-refractivity contribution in [1.82, 2.24) is 9.88 Å². The number of benzene rings is 3. The van der Waals surface area contributed by atoms with Gasteiger partial charge in [-0.25, -0.2) is 0 Å². The minimum absolute atomic E-state index is 0.639. The molecule has 0 radical (unpaired) electrons. The van der Waals surface area contributed by atoms with E-state index in [1.165, 1.54) is 11.1 Å². The Hall–Kier alpha value is -3.93. The van der Waals surface area contributed by atoms with Crippen LogP contribution in [0.15, 0.2) is 73.2 Å². The molecule has 0 unspecified atom stereocenters. The van der Waals surface area contributed by atoms with Crippen LogP contribution < -0.4 is 19.1 Å². The number of nitrogens with zero attached hydrogens (tertiary/aromatic N) is 3. The predicted octanol–water partition coefficient (Wildman–Crippen LogP) is 5.38. The molecule has 0 amide bonds. The molecule has 1 aromatic heterocycles. The van der Waals surface area contributed by atoms with Crippen LogP contribution in [-0.4, -0.2) is 37.8 Å². The Kier molecular flexibility index (Phi) is 4.75. The van der Waals surface area contributed by atoms with Crippen molar-refractivity contribution < 1.29 is 14.2 Å². The highest BCUT2D eigenvalue weighted by Gasteiger charge is 2.13. The number of pyridine rings is 1. The van der Waals surface area contributed by atoms with Crippen LogP contribution in [0, 0.1) is 0 Å². The van der Waals surface area contributed by atoms with Gasteiger partial charge in [0.25, 0.3) is 0 Å². The SMILES string of the molecule is COc1cc2nccc(Oc3ccc4cc(N5C=CN(C)C5)ccc4c3)c2cc1OC. The molecule has 3 aromatic carbocycles. The third-order valence-electron chi connectivity index (χ3n) is 5.44. The Labute approximate surface area is 180 Å². The van der Waals surface area contributed by atoms with E-state index in [1.807, 2.05) is 24.3 Å². The van der Waals surface area contributed by atoms with Gasteiger partial charge in [0.15, 0.2) is 11.5 Å². The maximum absolute atomic E-state index is 6.25. The zero-order valence-corrected chi connectivity index (χ0v) is 17.7. The lowest BCUT2D eigenvalue weighted by Crippen LogP contribution is -2.21. The third-order valence-corrected chi connectivity index (χ3v) is 5.44. The number of ether oxygens (including phenoxy) is 3. The van der Waals surface area contributed by atoms with Crippen molar-refractivity contribution in [3.05, 3.63) is 73.2 Å². The molecular formula is C25H23N3O3. The summed E-state index contributed by atoms with van der Waals surface area (Å²) in [5.41, 5.74) is 1.95. The predicted molar refractivity (Wildman–Crippen MR) is 123 cm³/mol. The van der Waals surface area contributed by atoms with Gasteiger partial charge >= 0.3 is 0 Å². The molecule has 0 fully saturated rings. The molecule has 31 heavy (non-hydrogen) atoms. The van der Waals surface area contributed by atoms with E-state index < -0.39 is 0 Å². The summed E-state index contributed by atoms with van der Waals surface area (Å²) < 4.78 is 17.1. The van der Waals surface area contributed by atoms with Gasteiger partial charge in [-0.15, -0.1) is 0 Å². The van der Waals surface area contributed by atoms with E-state index in [0.717, 1.165) is 28.7 Å². The first-order valence-corrected chi connectivity index (χ1v) is 10.0. The van der Waals surface area contributed by atoms with Crippen LogP contribution in [0.1, 0.15) is 0 Å². The molecule has 4 aromatic rings. The van der Waals surface area contributed by atoms with Crippen LogP contribution >= 0.6 is 0 Å². The molecular weight excluding hydrogens is 390 g/mol. The van der Waals surface area contributed by atoms with Crippen LogP contribution in [0.3, 0.4) is 0 Å². The highest BCUT2D eigenvalue weighted by atomic mass is 16.5. The van der Waals surface area contributed by atoms with Gasteiger partial charge in [-0.2, -0.15) is 0 Å². The Morgan fingerprint density at radius 2 is 1.58 bits per heavy atom. The number of hydrogen-bond acceptors (Lipinski definition) is 6. The molecule has 0 saturated carbocycles. The monoisotopic (exact) mass is 413 g/mol. The zero-order chi connectivity index (χ0) is 21.4. The number of fused-ring (bicyclic) bond motifs is 2. The minimum atomic E-state index is 0.639. The molecule has 0 aliphatic carbocycles. The quantitative estimate of drug-likeness (QED) is 0.438. The van der Waals surface area contributed by atoms with Crippen molar-refractivity contribution in [3.8, 4) is 23.0 Å². The van der Waals surface area contributed by atoms with Crippen LogP contribution in [0.5, 0.6) is 23.0 Å². The number of aromatic nitrogens is 1. The summed E-state index contributed by atoms with van der Waals surface area (Å²) in [4.78, 5) is 8.80. The lowest BCUT2D eigenvalue weighted by Gasteiger charge is -2.18. The number of hydrogen-bond donors (Lipinski definition) is 0. The first-order chi connectivity index (χ1) is 15.1. The largest absolute Gasteiger partial charge is 0.493 e. The number of rotatable bonds is 5. The van der Waals surface area contributed by atoms with Gasteiger partial charge in [0.2, 0.25) is 0 Å². The molecule has 2 heterocycles. The van der Waals surface area contributed by atoms with Crippen molar-refractivity contribution in [2.24, 2.45) is 0 Å². The molecule has 156 valence electrons. The lowest BCUT2D eigenvalue weighted by molar-refractivity contribution is 0.355. The summed E-state index contributed by atoms with van der Waals surface area (Å²) in [7, 11) is 5.30. The van der Waals surface area contributed by atoms with Crippen molar-refractivity contribution in [3.63, 3.8) is 0 Å². The van der Waals surface area contributed by atoms with E-state index >= 15 is 0 Å². The molecule has 6 nitrogen and oxygen atoms in total. The second-order valence-corrected chi connectivity index (χ2v) is 7.50. The summed E-state index contributed by atoms with van der Waals surface area (Å²) in [6.07, 6.45) is 5.90.